The summed E-state index contributed by atoms with van der Waals surface area (Å²) in [6.45, 7) is 24.0. The molecule has 2 aliphatic rings. The van der Waals surface area contributed by atoms with Crippen LogP contribution in [0, 0.1) is 0 Å². The highest BCUT2D eigenvalue weighted by molar-refractivity contribution is 7.61. The number of phosphoric ester groups is 2. The minimum Gasteiger partial charge on any atom is -0.394 e. The van der Waals surface area contributed by atoms with Crippen molar-refractivity contribution in [1.82, 2.24) is 0 Å². The Labute approximate surface area is 516 Å². The average molecular weight is 1250 g/mol. The normalized spacial score (nSPS) is 26.2. The summed E-state index contributed by atoms with van der Waals surface area (Å²) in [4.78, 5) is 20.5. The third-order valence-electron chi connectivity index (χ3n) is 15.4. The number of aliphatic hydroxyl groups excluding tert-OH is 7. The Hall–Kier alpha value is -3.00. The zero-order chi connectivity index (χ0) is 64.4. The summed E-state index contributed by atoms with van der Waals surface area (Å²) >= 11 is 0. The fourth-order valence-corrected chi connectivity index (χ4v) is 11.8. The summed E-state index contributed by atoms with van der Waals surface area (Å²) in [7, 11) is -10.8. The first-order valence-corrected chi connectivity index (χ1v) is 34.0. The Morgan fingerprint density at radius 2 is 0.663 bits per heavy atom. The lowest BCUT2D eigenvalue weighted by atomic mass is 9.97. The van der Waals surface area contributed by atoms with E-state index in [4.69, 9.17) is 23.3 Å². The summed E-state index contributed by atoms with van der Waals surface area (Å²) in [6.07, 6.45) is 27.5. The van der Waals surface area contributed by atoms with Crippen molar-refractivity contribution >= 4 is 15.6 Å². The Kier molecular flexibility index (Phi) is 39.4. The van der Waals surface area contributed by atoms with Crippen molar-refractivity contribution < 1.29 is 82.2 Å². The van der Waals surface area contributed by atoms with Gasteiger partial charge in [0.25, 0.3) is 0 Å². The largest absolute Gasteiger partial charge is 0.483 e. The van der Waals surface area contributed by atoms with Gasteiger partial charge in [0.05, 0.1) is 19.8 Å². The number of hydrogen-bond acceptors (Lipinski definition) is 15. The van der Waals surface area contributed by atoms with E-state index in [1.807, 2.05) is 0 Å². The predicted molar refractivity (Wildman–Crippen MR) is 344 cm³/mol. The molecule has 2 unspecified atom stereocenters. The fraction of sp³-hybridized carbons (Fsp3) is 0.672. The van der Waals surface area contributed by atoms with E-state index in [9.17, 15) is 54.7 Å². The highest BCUT2D eigenvalue weighted by Gasteiger charge is 2.52. The molecule has 492 valence electrons. The number of rotatable bonds is 41. The van der Waals surface area contributed by atoms with Gasteiger partial charge < -0.3 is 59.7 Å². The maximum Gasteiger partial charge on any atom is 0.483 e. The van der Waals surface area contributed by atoms with Gasteiger partial charge in [0.2, 0.25) is 0 Å². The molecule has 0 bridgehead atoms. The smallest absolute Gasteiger partial charge is 0.394 e. The van der Waals surface area contributed by atoms with Crippen molar-refractivity contribution in [1.29, 1.82) is 0 Å². The monoisotopic (exact) mass is 1250 g/mol. The van der Waals surface area contributed by atoms with Crippen LogP contribution in [0.4, 0.5) is 0 Å². The molecule has 0 aliphatic carbocycles. The number of hydrogen-bond donors (Lipinski definition) is 9. The molecule has 0 aromatic carbocycles. The quantitative estimate of drug-likeness (QED) is 0.0203. The average Bonchev–Trinajstić information content (AvgIpc) is 3.12. The zero-order valence-electron chi connectivity index (χ0n) is 54.1. The Balaban J connectivity index is 1.63. The molecule has 0 aromatic rings. The van der Waals surface area contributed by atoms with Gasteiger partial charge in [-0.25, -0.2) is 9.13 Å². The van der Waals surface area contributed by atoms with E-state index < -0.39 is 96.9 Å². The first kappa shape index (κ1) is 79.1. The molecular formula is C67H112O17P2. The van der Waals surface area contributed by atoms with Crippen LogP contribution in [-0.2, 0) is 36.7 Å². The standard InChI is InChI=1S/C67H112O17P2/c1-47(2)23-13-24-48(3)25-14-26-49(4)27-15-28-50(5)29-16-30-51(6)31-17-32-52(7)33-18-34-53(8)35-19-36-54(9)37-20-38-55(10)39-21-40-56(11)41-22-42-57(12)43-44-79-85(75,76)84-86(77,78)83-67-64(74)62(72)65(59(46-69)81-67)82-66-63(73)61(71)60(70)58(45-68)80-66/h23,25,27,29,31,33,35,37,39,41,43,58-74H,13-22,24,26,28,30,32,34,36,38,40,42,44-46H2,1-12H3,(H,75,76)(H,77,78)/b48-25+,49-27+,50-29-,51-31-,52-33-,53-35-,54-37-,55-39-,56-41-,57-43-/t58-,59-,60-,61+,62-,63-,64-,65-,66+,67-/m1/s1. The van der Waals surface area contributed by atoms with Crippen LogP contribution in [0.1, 0.15) is 212 Å². The van der Waals surface area contributed by atoms with Crippen LogP contribution in [0.15, 0.2) is 128 Å². The van der Waals surface area contributed by atoms with E-state index >= 15 is 0 Å². The third kappa shape index (κ3) is 34.3. The molecule has 0 amide bonds. The maximum atomic E-state index is 12.8. The molecule has 9 N–H and O–H groups in total. The van der Waals surface area contributed by atoms with Crippen molar-refractivity contribution in [2.24, 2.45) is 0 Å². The van der Waals surface area contributed by atoms with Crippen LogP contribution in [0.5, 0.6) is 0 Å². The summed E-state index contributed by atoms with van der Waals surface area (Å²) < 4.78 is 55.3. The topological polar surface area (TPSA) is 272 Å². The van der Waals surface area contributed by atoms with Crippen LogP contribution in [0.25, 0.3) is 0 Å². The maximum absolute atomic E-state index is 12.8. The van der Waals surface area contributed by atoms with Crippen LogP contribution in [0.3, 0.4) is 0 Å². The molecule has 0 spiro atoms. The molecule has 86 heavy (non-hydrogen) atoms. The van der Waals surface area contributed by atoms with Gasteiger partial charge in [0, 0.05) is 0 Å². The number of allylic oxidation sites excluding steroid dienone is 21. The molecule has 17 nitrogen and oxygen atoms in total. The van der Waals surface area contributed by atoms with Gasteiger partial charge in [0.15, 0.2) is 12.6 Å². The predicted octanol–water partition coefficient (Wildman–Crippen LogP) is 14.1. The number of aliphatic hydroxyl groups is 7. The lowest BCUT2D eigenvalue weighted by Gasteiger charge is -2.45. The first-order chi connectivity index (χ1) is 40.6. The summed E-state index contributed by atoms with van der Waals surface area (Å²) in [5, 5.41) is 71.1. The van der Waals surface area contributed by atoms with E-state index in [1.54, 1.807) is 6.92 Å². The Bertz CT molecular complexity index is 2450. The van der Waals surface area contributed by atoms with Gasteiger partial charge in [-0.05, 0) is 212 Å². The summed E-state index contributed by atoms with van der Waals surface area (Å²) in [6, 6.07) is 0. The second-order valence-electron chi connectivity index (χ2n) is 24.1. The molecule has 0 radical (unpaired) electrons. The molecule has 19 heteroatoms. The molecule has 2 aliphatic heterocycles. The fourth-order valence-electron chi connectivity index (χ4n) is 9.75. The van der Waals surface area contributed by atoms with Gasteiger partial charge in [0.1, 0.15) is 48.8 Å². The minimum atomic E-state index is -5.57. The van der Waals surface area contributed by atoms with E-state index in [2.05, 4.69) is 141 Å². The van der Waals surface area contributed by atoms with E-state index in [1.165, 1.54) is 61.8 Å². The van der Waals surface area contributed by atoms with Crippen molar-refractivity contribution in [2.75, 3.05) is 19.8 Å². The Morgan fingerprint density at radius 3 is 0.977 bits per heavy atom. The van der Waals surface area contributed by atoms with Gasteiger partial charge in [-0.2, -0.15) is 4.31 Å². The summed E-state index contributed by atoms with van der Waals surface area (Å²) in [5.74, 6) is 0. The van der Waals surface area contributed by atoms with Crippen LogP contribution in [0.2, 0.25) is 0 Å². The van der Waals surface area contributed by atoms with Gasteiger partial charge in [-0.3, -0.25) is 9.05 Å². The Morgan fingerprint density at radius 1 is 0.372 bits per heavy atom. The van der Waals surface area contributed by atoms with E-state index in [-0.39, 0.29) is 0 Å². The highest BCUT2D eigenvalue weighted by atomic mass is 31.3. The van der Waals surface area contributed by atoms with Crippen molar-refractivity contribution in [2.45, 2.75) is 273 Å². The van der Waals surface area contributed by atoms with Crippen LogP contribution >= 0.6 is 15.6 Å². The van der Waals surface area contributed by atoms with Crippen molar-refractivity contribution in [3.63, 3.8) is 0 Å². The summed E-state index contributed by atoms with van der Waals surface area (Å²) in [5.41, 5.74) is 15.2. The molecule has 2 heterocycles. The van der Waals surface area contributed by atoms with E-state index in [0.717, 1.165) is 121 Å². The second-order valence-corrected chi connectivity index (χ2v) is 27.1. The lowest BCUT2D eigenvalue weighted by molar-refractivity contribution is -0.353. The zero-order valence-corrected chi connectivity index (χ0v) is 55.9. The van der Waals surface area contributed by atoms with Crippen molar-refractivity contribution in [3.05, 3.63) is 128 Å². The lowest BCUT2D eigenvalue weighted by Crippen LogP contribution is -2.64. The highest BCUT2D eigenvalue weighted by Crippen LogP contribution is 2.61. The number of phosphoric acid groups is 2. The van der Waals surface area contributed by atoms with Gasteiger partial charge >= 0.3 is 15.6 Å². The van der Waals surface area contributed by atoms with Crippen molar-refractivity contribution in [3.8, 4) is 0 Å². The van der Waals surface area contributed by atoms with Gasteiger partial charge in [-0.15, -0.1) is 0 Å². The first-order valence-electron chi connectivity index (χ1n) is 31.0. The SMILES string of the molecule is CC(C)=CCC/C(C)=C/CC/C(C)=C/CC/C(C)=C\CC/C(C)=C\CC/C(C)=C\CC/C(C)=C\CC/C(C)=C\CC/C(C)=C\CC/C(C)=C\CC/C(C)=C\COP(=O)(O)OP(=O)(O)O[C@H]1O[C@H](CO)[C@@H](O[C@@H]2O[C@H](CO)[C@@H](O)[C@H](O)[C@H]2O)[C@H](O)[C@H]1O. The van der Waals surface area contributed by atoms with Crippen LogP contribution < -0.4 is 0 Å². The number of ether oxygens (including phenoxy) is 3. The molecule has 2 fully saturated rings. The molecule has 2 rings (SSSR count). The van der Waals surface area contributed by atoms with Gasteiger partial charge in [-0.1, -0.05) is 128 Å². The molecular weight excluding hydrogens is 1140 g/mol. The molecule has 0 aromatic heterocycles. The van der Waals surface area contributed by atoms with E-state index in [0.29, 0.717) is 12.8 Å². The molecule has 12 atom stereocenters. The molecule has 2 saturated heterocycles. The van der Waals surface area contributed by atoms with Crippen LogP contribution in [-0.4, -0.2) is 127 Å². The third-order valence-corrected chi connectivity index (χ3v) is 18.0. The minimum absolute atomic E-state index is 0.463. The second kappa shape index (κ2) is 42.9. The molecule has 0 saturated carbocycles.